The highest BCUT2D eigenvalue weighted by Gasteiger charge is 2.19. The summed E-state index contributed by atoms with van der Waals surface area (Å²) in [5.74, 6) is -0.286. The van der Waals surface area contributed by atoms with E-state index in [-0.39, 0.29) is 11.9 Å². The van der Waals surface area contributed by atoms with E-state index >= 15 is 0 Å². The van der Waals surface area contributed by atoms with Crippen molar-refractivity contribution in [2.24, 2.45) is 0 Å². The summed E-state index contributed by atoms with van der Waals surface area (Å²) in [6.45, 7) is 4.79. The van der Waals surface area contributed by atoms with Gasteiger partial charge < -0.3 is 5.32 Å². The fourth-order valence-electron chi connectivity index (χ4n) is 2.29. The van der Waals surface area contributed by atoms with Crippen molar-refractivity contribution < 1.29 is 4.39 Å². The monoisotopic (exact) mass is 355 g/mol. The number of halogens is 3. The Labute approximate surface area is 132 Å². The average molecular weight is 357 g/mol. The van der Waals surface area contributed by atoms with Gasteiger partial charge in [-0.2, -0.15) is 0 Å². The maximum atomic E-state index is 14.2. The number of hydrogen-bond acceptors (Lipinski definition) is 1. The molecule has 0 radical (unpaired) electrons. The predicted octanol–water partition coefficient (Wildman–Crippen LogP) is 5.25. The smallest absolute Gasteiger partial charge is 0.129 e. The average Bonchev–Trinajstić information content (AvgIpc) is 2.37. The minimum atomic E-state index is -0.286. The summed E-state index contributed by atoms with van der Waals surface area (Å²) in [6.07, 6.45) is 0. The van der Waals surface area contributed by atoms with Crippen LogP contribution in [0.15, 0.2) is 40.9 Å². The van der Waals surface area contributed by atoms with E-state index < -0.39 is 0 Å². The van der Waals surface area contributed by atoms with E-state index in [1.807, 2.05) is 32.0 Å². The molecule has 0 bridgehead atoms. The number of benzene rings is 2. The third-order valence-electron chi connectivity index (χ3n) is 3.22. The van der Waals surface area contributed by atoms with Gasteiger partial charge in [0.25, 0.3) is 0 Å². The summed E-state index contributed by atoms with van der Waals surface area (Å²) in [6, 6.07) is 10.7. The van der Waals surface area contributed by atoms with E-state index in [4.69, 9.17) is 11.6 Å². The molecule has 1 atom stereocenters. The molecule has 1 nitrogen and oxygen atoms in total. The van der Waals surface area contributed by atoms with Crippen LogP contribution in [0.3, 0.4) is 0 Å². The lowest BCUT2D eigenvalue weighted by atomic mass is 9.94. The Bertz CT molecular complexity index is 564. The Kier molecular flexibility index (Phi) is 5.19. The summed E-state index contributed by atoms with van der Waals surface area (Å²) >= 11 is 9.28. The van der Waals surface area contributed by atoms with Gasteiger partial charge >= 0.3 is 0 Å². The molecule has 0 aliphatic carbocycles. The molecular weight excluding hydrogens is 341 g/mol. The van der Waals surface area contributed by atoms with Crippen LogP contribution in [-0.4, -0.2) is 6.54 Å². The predicted molar refractivity (Wildman–Crippen MR) is 85.8 cm³/mol. The molecule has 0 saturated heterocycles. The first-order valence-electron chi connectivity index (χ1n) is 6.47. The van der Waals surface area contributed by atoms with Crippen LogP contribution in [-0.2, 0) is 0 Å². The molecule has 2 aromatic carbocycles. The SMILES string of the molecule is CCNC(c1ccc(Br)cc1C)c1ccc(Cl)cc1F. The van der Waals surface area contributed by atoms with Crippen LogP contribution < -0.4 is 5.32 Å². The van der Waals surface area contributed by atoms with E-state index in [0.717, 1.165) is 22.1 Å². The highest BCUT2D eigenvalue weighted by atomic mass is 79.9. The molecule has 20 heavy (non-hydrogen) atoms. The Balaban J connectivity index is 2.50. The van der Waals surface area contributed by atoms with Crippen LogP contribution in [0.5, 0.6) is 0 Å². The first-order valence-corrected chi connectivity index (χ1v) is 7.64. The van der Waals surface area contributed by atoms with Gasteiger partial charge in [-0.15, -0.1) is 0 Å². The molecular formula is C16H16BrClFN. The Hall–Kier alpha value is -0.900. The molecule has 1 unspecified atom stereocenters. The maximum absolute atomic E-state index is 14.2. The van der Waals surface area contributed by atoms with Gasteiger partial charge in [0.1, 0.15) is 5.82 Å². The number of hydrogen-bond donors (Lipinski definition) is 1. The number of aryl methyl sites for hydroxylation is 1. The third kappa shape index (κ3) is 3.40. The van der Waals surface area contributed by atoms with Crippen LogP contribution in [0.25, 0.3) is 0 Å². The maximum Gasteiger partial charge on any atom is 0.129 e. The minimum absolute atomic E-state index is 0.176. The Morgan fingerprint density at radius 3 is 2.50 bits per heavy atom. The molecule has 0 saturated carbocycles. The molecule has 0 amide bonds. The van der Waals surface area contributed by atoms with Gasteiger partial charge in [-0.1, -0.05) is 46.6 Å². The molecule has 1 N–H and O–H groups in total. The largest absolute Gasteiger partial charge is 0.306 e. The van der Waals surface area contributed by atoms with Crippen molar-refractivity contribution in [1.29, 1.82) is 0 Å². The summed E-state index contributed by atoms with van der Waals surface area (Å²) in [7, 11) is 0. The normalized spacial score (nSPS) is 12.4. The quantitative estimate of drug-likeness (QED) is 0.789. The second kappa shape index (κ2) is 6.70. The second-order valence-electron chi connectivity index (χ2n) is 4.66. The summed E-state index contributed by atoms with van der Waals surface area (Å²) in [4.78, 5) is 0. The van der Waals surface area contributed by atoms with Crippen molar-refractivity contribution in [3.05, 3.63) is 68.4 Å². The first kappa shape index (κ1) is 15.5. The molecule has 0 fully saturated rings. The molecule has 106 valence electrons. The lowest BCUT2D eigenvalue weighted by molar-refractivity contribution is 0.558. The van der Waals surface area contributed by atoms with Crippen molar-refractivity contribution in [3.8, 4) is 0 Å². The van der Waals surface area contributed by atoms with Crippen LogP contribution in [0, 0.1) is 12.7 Å². The standard InChI is InChI=1S/C16H16BrClFN/c1-3-20-16(13-6-4-11(17)8-10(13)2)14-7-5-12(18)9-15(14)19/h4-9,16,20H,3H2,1-2H3. The molecule has 0 aromatic heterocycles. The zero-order valence-electron chi connectivity index (χ0n) is 11.4. The van der Waals surface area contributed by atoms with Gasteiger partial charge in [0.05, 0.1) is 6.04 Å². The van der Waals surface area contributed by atoms with E-state index in [1.54, 1.807) is 12.1 Å². The number of rotatable bonds is 4. The van der Waals surface area contributed by atoms with E-state index in [1.165, 1.54) is 6.07 Å². The molecule has 2 aromatic rings. The Morgan fingerprint density at radius 2 is 1.90 bits per heavy atom. The molecule has 0 spiro atoms. The fourth-order valence-corrected chi connectivity index (χ4v) is 2.92. The Morgan fingerprint density at radius 1 is 1.20 bits per heavy atom. The van der Waals surface area contributed by atoms with Crippen LogP contribution >= 0.6 is 27.5 Å². The summed E-state index contributed by atoms with van der Waals surface area (Å²) in [5, 5.41) is 3.75. The zero-order valence-corrected chi connectivity index (χ0v) is 13.7. The lowest BCUT2D eigenvalue weighted by Crippen LogP contribution is -2.23. The van der Waals surface area contributed by atoms with E-state index in [2.05, 4.69) is 21.2 Å². The van der Waals surface area contributed by atoms with Crippen LogP contribution in [0.1, 0.15) is 29.7 Å². The van der Waals surface area contributed by atoms with Gasteiger partial charge in [-0.3, -0.25) is 0 Å². The topological polar surface area (TPSA) is 12.0 Å². The summed E-state index contributed by atoms with van der Waals surface area (Å²) < 4.78 is 15.2. The highest BCUT2D eigenvalue weighted by molar-refractivity contribution is 9.10. The fraction of sp³-hybridized carbons (Fsp3) is 0.250. The van der Waals surface area contributed by atoms with E-state index in [0.29, 0.717) is 10.6 Å². The van der Waals surface area contributed by atoms with E-state index in [9.17, 15) is 4.39 Å². The van der Waals surface area contributed by atoms with Crippen molar-refractivity contribution in [2.75, 3.05) is 6.54 Å². The van der Waals surface area contributed by atoms with Crippen LogP contribution in [0.2, 0.25) is 5.02 Å². The van der Waals surface area contributed by atoms with Gasteiger partial charge in [-0.25, -0.2) is 4.39 Å². The van der Waals surface area contributed by atoms with Gasteiger partial charge in [0.2, 0.25) is 0 Å². The lowest BCUT2D eigenvalue weighted by Gasteiger charge is -2.21. The minimum Gasteiger partial charge on any atom is -0.306 e. The van der Waals surface area contributed by atoms with Gasteiger partial charge in [0, 0.05) is 15.1 Å². The third-order valence-corrected chi connectivity index (χ3v) is 3.95. The van der Waals surface area contributed by atoms with Gasteiger partial charge in [-0.05, 0) is 48.9 Å². The van der Waals surface area contributed by atoms with Crippen molar-refractivity contribution in [1.82, 2.24) is 5.32 Å². The first-order chi connectivity index (χ1) is 9.52. The molecule has 2 rings (SSSR count). The van der Waals surface area contributed by atoms with Gasteiger partial charge in [0.15, 0.2) is 0 Å². The highest BCUT2D eigenvalue weighted by Crippen LogP contribution is 2.29. The van der Waals surface area contributed by atoms with Crippen molar-refractivity contribution in [3.63, 3.8) is 0 Å². The number of nitrogens with one attached hydrogen (secondary N) is 1. The molecule has 0 aliphatic heterocycles. The summed E-state index contributed by atoms with van der Waals surface area (Å²) in [5.41, 5.74) is 2.79. The molecule has 0 aliphatic rings. The van der Waals surface area contributed by atoms with Crippen molar-refractivity contribution >= 4 is 27.5 Å². The van der Waals surface area contributed by atoms with Crippen molar-refractivity contribution in [2.45, 2.75) is 19.9 Å². The second-order valence-corrected chi connectivity index (χ2v) is 6.01. The zero-order chi connectivity index (χ0) is 14.7. The molecule has 0 heterocycles. The molecule has 4 heteroatoms. The van der Waals surface area contributed by atoms with Crippen LogP contribution in [0.4, 0.5) is 4.39 Å².